The predicted octanol–water partition coefficient (Wildman–Crippen LogP) is 2.96. The van der Waals surface area contributed by atoms with E-state index in [2.05, 4.69) is 16.4 Å². The van der Waals surface area contributed by atoms with Crippen LogP contribution in [-0.4, -0.2) is 18.6 Å². The Morgan fingerprint density at radius 1 is 1.31 bits per heavy atom. The zero-order valence-corrected chi connectivity index (χ0v) is 10.3. The Labute approximate surface area is 101 Å². The van der Waals surface area contributed by atoms with Gasteiger partial charge >= 0.3 is 0 Å². The van der Waals surface area contributed by atoms with Crippen molar-refractivity contribution in [3.63, 3.8) is 0 Å². The van der Waals surface area contributed by atoms with Crippen molar-refractivity contribution in [1.82, 2.24) is 10.3 Å². The van der Waals surface area contributed by atoms with E-state index in [0.29, 0.717) is 0 Å². The van der Waals surface area contributed by atoms with Crippen LogP contribution >= 0.6 is 11.6 Å². The van der Waals surface area contributed by atoms with Gasteiger partial charge in [-0.3, -0.25) is 4.98 Å². The van der Waals surface area contributed by atoms with Gasteiger partial charge in [0.1, 0.15) is 0 Å². The Morgan fingerprint density at radius 2 is 2.12 bits per heavy atom. The Morgan fingerprint density at radius 3 is 2.88 bits per heavy atom. The van der Waals surface area contributed by atoms with Gasteiger partial charge < -0.3 is 5.32 Å². The summed E-state index contributed by atoms with van der Waals surface area (Å²) in [4.78, 5) is 4.58. The summed E-state index contributed by atoms with van der Waals surface area (Å²) >= 11 is 5.94. The summed E-state index contributed by atoms with van der Waals surface area (Å²) in [6.45, 7) is 3.02. The highest BCUT2D eigenvalue weighted by Gasteiger charge is 2.03. The Kier molecular flexibility index (Phi) is 3.42. The molecule has 0 saturated heterocycles. The number of likely N-dealkylation sites (N-methyl/N-ethyl adjacent to an activating group) is 1. The number of hydrogen-bond acceptors (Lipinski definition) is 2. The molecule has 84 valence electrons. The second kappa shape index (κ2) is 4.81. The number of rotatable bonds is 3. The van der Waals surface area contributed by atoms with Crippen molar-refractivity contribution in [3.05, 3.63) is 40.5 Å². The molecule has 16 heavy (non-hydrogen) atoms. The van der Waals surface area contributed by atoms with Gasteiger partial charge in [-0.25, -0.2) is 0 Å². The molecule has 0 bridgehead atoms. The van der Waals surface area contributed by atoms with E-state index in [9.17, 15) is 0 Å². The van der Waals surface area contributed by atoms with E-state index in [1.54, 1.807) is 0 Å². The molecule has 0 saturated carbocycles. The smallest absolute Gasteiger partial charge is 0.0720 e. The molecule has 0 fully saturated rings. The molecule has 0 unspecified atom stereocenters. The van der Waals surface area contributed by atoms with Crippen LogP contribution in [-0.2, 0) is 6.42 Å². The normalized spacial score (nSPS) is 10.9. The Balaban J connectivity index is 2.45. The molecule has 1 heterocycles. The van der Waals surface area contributed by atoms with Crippen molar-refractivity contribution >= 4 is 22.5 Å². The minimum atomic E-state index is 0.738. The first-order valence-electron chi connectivity index (χ1n) is 5.41. The lowest BCUT2D eigenvalue weighted by molar-refractivity contribution is 0.786. The molecule has 0 aliphatic heterocycles. The molecule has 3 heteroatoms. The summed E-state index contributed by atoms with van der Waals surface area (Å²) in [5, 5.41) is 5.04. The molecule has 2 nitrogen and oxygen atoms in total. The fourth-order valence-electron chi connectivity index (χ4n) is 1.79. The second-order valence-electron chi connectivity index (χ2n) is 3.92. The number of aromatic nitrogens is 1. The van der Waals surface area contributed by atoms with E-state index in [1.807, 2.05) is 32.2 Å². The predicted molar refractivity (Wildman–Crippen MR) is 69.1 cm³/mol. The molecule has 1 N–H and O–H groups in total. The standard InChI is InChI=1S/C13H15ClN2/c1-9-10(5-6-15-2)7-11-3-4-12(14)8-13(11)16-9/h3-4,7-8,15H,5-6H2,1-2H3. The maximum atomic E-state index is 5.94. The van der Waals surface area contributed by atoms with E-state index in [4.69, 9.17) is 11.6 Å². The van der Waals surface area contributed by atoms with Crippen LogP contribution in [0.4, 0.5) is 0 Å². The van der Waals surface area contributed by atoms with Gasteiger partial charge in [-0.15, -0.1) is 0 Å². The van der Waals surface area contributed by atoms with Crippen molar-refractivity contribution in [2.45, 2.75) is 13.3 Å². The minimum absolute atomic E-state index is 0.738. The topological polar surface area (TPSA) is 24.9 Å². The van der Waals surface area contributed by atoms with Crippen LogP contribution in [0.15, 0.2) is 24.3 Å². The van der Waals surface area contributed by atoms with Crippen LogP contribution in [0.2, 0.25) is 5.02 Å². The number of pyridine rings is 1. The fourth-order valence-corrected chi connectivity index (χ4v) is 1.96. The van der Waals surface area contributed by atoms with Gasteiger partial charge in [0.25, 0.3) is 0 Å². The first-order chi connectivity index (χ1) is 7.70. The van der Waals surface area contributed by atoms with E-state index in [-0.39, 0.29) is 0 Å². The Bertz CT molecular complexity index is 509. The molecular weight excluding hydrogens is 220 g/mol. The van der Waals surface area contributed by atoms with Gasteiger partial charge in [0, 0.05) is 16.1 Å². The molecule has 0 aliphatic carbocycles. The van der Waals surface area contributed by atoms with Gasteiger partial charge in [0.15, 0.2) is 0 Å². The van der Waals surface area contributed by atoms with Crippen molar-refractivity contribution in [1.29, 1.82) is 0 Å². The minimum Gasteiger partial charge on any atom is -0.319 e. The van der Waals surface area contributed by atoms with Crippen molar-refractivity contribution in [2.75, 3.05) is 13.6 Å². The average molecular weight is 235 g/mol. The number of nitrogens with zero attached hydrogens (tertiary/aromatic N) is 1. The van der Waals surface area contributed by atoms with Crippen LogP contribution in [0.25, 0.3) is 10.9 Å². The highest BCUT2D eigenvalue weighted by atomic mass is 35.5. The van der Waals surface area contributed by atoms with E-state index in [0.717, 1.165) is 34.6 Å². The molecule has 1 aromatic carbocycles. The molecule has 1 aromatic heterocycles. The number of aryl methyl sites for hydroxylation is 1. The van der Waals surface area contributed by atoms with Crippen molar-refractivity contribution in [3.8, 4) is 0 Å². The highest BCUT2D eigenvalue weighted by molar-refractivity contribution is 6.31. The lowest BCUT2D eigenvalue weighted by Gasteiger charge is -2.07. The monoisotopic (exact) mass is 234 g/mol. The zero-order valence-electron chi connectivity index (χ0n) is 9.55. The van der Waals surface area contributed by atoms with Crippen molar-refractivity contribution in [2.24, 2.45) is 0 Å². The largest absolute Gasteiger partial charge is 0.319 e. The zero-order chi connectivity index (χ0) is 11.5. The fraction of sp³-hybridized carbons (Fsp3) is 0.308. The third-order valence-corrected chi connectivity index (χ3v) is 2.95. The quantitative estimate of drug-likeness (QED) is 0.883. The molecular formula is C13H15ClN2. The molecule has 0 atom stereocenters. The van der Waals surface area contributed by atoms with Crippen molar-refractivity contribution < 1.29 is 0 Å². The number of benzene rings is 1. The van der Waals surface area contributed by atoms with E-state index >= 15 is 0 Å². The lowest BCUT2D eigenvalue weighted by Crippen LogP contribution is -2.11. The van der Waals surface area contributed by atoms with Crippen LogP contribution in [0.3, 0.4) is 0 Å². The molecule has 0 spiro atoms. The molecule has 0 aliphatic rings. The maximum absolute atomic E-state index is 5.94. The molecule has 2 rings (SSSR count). The SMILES string of the molecule is CNCCc1cc2ccc(Cl)cc2nc1C. The summed E-state index contributed by atoms with van der Waals surface area (Å²) in [6.07, 6.45) is 1.01. The Hall–Kier alpha value is -1.12. The van der Waals surface area contributed by atoms with Gasteiger partial charge in [0.05, 0.1) is 5.52 Å². The van der Waals surface area contributed by atoms with Crippen LogP contribution < -0.4 is 5.32 Å². The summed E-state index contributed by atoms with van der Waals surface area (Å²) in [5.74, 6) is 0. The number of hydrogen-bond donors (Lipinski definition) is 1. The summed E-state index contributed by atoms with van der Waals surface area (Å²) in [7, 11) is 1.96. The summed E-state index contributed by atoms with van der Waals surface area (Å²) < 4.78 is 0. The first kappa shape index (κ1) is 11.4. The maximum Gasteiger partial charge on any atom is 0.0720 e. The molecule has 0 radical (unpaired) electrons. The van der Waals surface area contributed by atoms with Gasteiger partial charge in [-0.05, 0) is 50.7 Å². The number of fused-ring (bicyclic) bond motifs is 1. The lowest BCUT2D eigenvalue weighted by atomic mass is 10.1. The van der Waals surface area contributed by atoms with Crippen LogP contribution in [0.1, 0.15) is 11.3 Å². The average Bonchev–Trinajstić information content (AvgIpc) is 2.26. The van der Waals surface area contributed by atoms with E-state index < -0.39 is 0 Å². The summed E-state index contributed by atoms with van der Waals surface area (Å²) in [5.41, 5.74) is 3.35. The third-order valence-electron chi connectivity index (χ3n) is 2.72. The van der Waals surface area contributed by atoms with Gasteiger partial charge in [-0.2, -0.15) is 0 Å². The van der Waals surface area contributed by atoms with Gasteiger partial charge in [0.2, 0.25) is 0 Å². The molecule has 2 aromatic rings. The van der Waals surface area contributed by atoms with Crippen LogP contribution in [0, 0.1) is 6.92 Å². The second-order valence-corrected chi connectivity index (χ2v) is 4.36. The summed E-state index contributed by atoms with van der Waals surface area (Å²) in [6, 6.07) is 8.03. The third kappa shape index (κ3) is 2.34. The molecule has 0 amide bonds. The number of halogens is 1. The number of nitrogens with one attached hydrogen (secondary N) is 1. The van der Waals surface area contributed by atoms with Crippen LogP contribution in [0.5, 0.6) is 0 Å². The first-order valence-corrected chi connectivity index (χ1v) is 5.79. The highest BCUT2D eigenvalue weighted by Crippen LogP contribution is 2.20. The van der Waals surface area contributed by atoms with Gasteiger partial charge in [-0.1, -0.05) is 17.7 Å². The van der Waals surface area contributed by atoms with E-state index in [1.165, 1.54) is 5.56 Å².